The molecule has 1 unspecified atom stereocenters. The van der Waals surface area contributed by atoms with E-state index in [1.54, 1.807) is 7.11 Å². The van der Waals surface area contributed by atoms with Gasteiger partial charge in [-0.1, -0.05) is 42.9 Å². The fraction of sp³-hybridized carbons (Fsp3) is 0.467. The van der Waals surface area contributed by atoms with Gasteiger partial charge in [-0.2, -0.15) is 0 Å². The van der Waals surface area contributed by atoms with Crippen molar-refractivity contribution in [2.75, 3.05) is 14.2 Å². The van der Waals surface area contributed by atoms with Gasteiger partial charge in [0, 0.05) is 5.41 Å². The lowest BCUT2D eigenvalue weighted by Crippen LogP contribution is -2.22. The van der Waals surface area contributed by atoms with Crippen molar-refractivity contribution in [3.05, 3.63) is 39.4 Å². The summed E-state index contributed by atoms with van der Waals surface area (Å²) in [7, 11) is 3.55. The van der Waals surface area contributed by atoms with Crippen molar-refractivity contribution in [2.24, 2.45) is 0 Å². The Hall–Kier alpha value is -1.17. The molecule has 0 aliphatic rings. The van der Waals surface area contributed by atoms with Gasteiger partial charge in [-0.15, -0.1) is 5.10 Å². The number of hydrogen-bond acceptors (Lipinski definition) is 5. The third kappa shape index (κ3) is 3.36. The second-order valence-corrected chi connectivity index (χ2v) is 7.04. The van der Waals surface area contributed by atoms with Gasteiger partial charge in [0.05, 0.1) is 28.7 Å². The fourth-order valence-electron chi connectivity index (χ4n) is 2.21. The Morgan fingerprint density at radius 1 is 1.33 bits per heavy atom. The highest BCUT2D eigenvalue weighted by Gasteiger charge is 2.27. The molecule has 0 spiro atoms. The summed E-state index contributed by atoms with van der Waals surface area (Å²) in [5.74, 6) is 0.671. The Balaban J connectivity index is 2.48. The van der Waals surface area contributed by atoms with Gasteiger partial charge in [0.2, 0.25) is 0 Å². The minimum atomic E-state index is -0.0477. The molecule has 21 heavy (non-hydrogen) atoms. The van der Waals surface area contributed by atoms with Crippen molar-refractivity contribution in [3.63, 3.8) is 0 Å². The number of methoxy groups -OCH3 is 1. The molecule has 0 aliphatic carbocycles. The van der Waals surface area contributed by atoms with Gasteiger partial charge in [0.25, 0.3) is 0 Å². The van der Waals surface area contributed by atoms with E-state index in [1.807, 2.05) is 25.2 Å². The van der Waals surface area contributed by atoms with Crippen LogP contribution >= 0.6 is 23.1 Å². The Kier molecular flexibility index (Phi) is 4.86. The van der Waals surface area contributed by atoms with Crippen LogP contribution in [0.4, 0.5) is 0 Å². The van der Waals surface area contributed by atoms with Gasteiger partial charge in [0.1, 0.15) is 5.75 Å². The zero-order valence-corrected chi connectivity index (χ0v) is 14.5. The Morgan fingerprint density at radius 3 is 2.62 bits per heavy atom. The summed E-state index contributed by atoms with van der Waals surface area (Å²) < 4.78 is 9.45. The molecule has 0 aliphatic heterocycles. The minimum Gasteiger partial charge on any atom is -0.495 e. The average molecular weight is 326 g/mol. The number of rotatable bonds is 4. The summed E-state index contributed by atoms with van der Waals surface area (Å²) in [6, 6.07) is 5.82. The van der Waals surface area contributed by atoms with E-state index < -0.39 is 0 Å². The van der Waals surface area contributed by atoms with Crippen LogP contribution in [0.3, 0.4) is 0 Å². The predicted octanol–water partition coefficient (Wildman–Crippen LogP) is 3.81. The fourth-order valence-corrected chi connectivity index (χ4v) is 3.41. The summed E-state index contributed by atoms with van der Waals surface area (Å²) in [5, 5.41) is 8.26. The van der Waals surface area contributed by atoms with Crippen LogP contribution in [-0.4, -0.2) is 23.7 Å². The lowest BCUT2D eigenvalue weighted by Gasteiger charge is -2.22. The number of hydrogen-bond donors (Lipinski definition) is 1. The van der Waals surface area contributed by atoms with Gasteiger partial charge in [0.15, 0.2) is 0 Å². The molecule has 0 saturated carbocycles. The minimum absolute atomic E-state index is 0.0189. The predicted molar refractivity (Wildman–Crippen MR) is 87.5 cm³/mol. The second-order valence-electron chi connectivity index (χ2n) is 5.85. The maximum atomic E-state index is 6.11. The van der Waals surface area contributed by atoms with Gasteiger partial charge in [-0.3, -0.25) is 0 Å². The molecule has 1 N–H and O–H groups in total. The highest BCUT2D eigenvalue weighted by molar-refractivity contribution is 7.05. The van der Waals surface area contributed by atoms with Crippen molar-refractivity contribution in [1.82, 2.24) is 14.9 Å². The standard InChI is InChI=1S/C15H20ClN3OS/c1-15(2,3)14-13(21-19-18-14)12(17-4)9-6-7-10(16)11(8-9)20-5/h6-8,12,17H,1-5H3. The molecule has 1 heterocycles. The maximum Gasteiger partial charge on any atom is 0.137 e. The summed E-state index contributed by atoms with van der Waals surface area (Å²) in [4.78, 5) is 1.12. The molecule has 1 aromatic carbocycles. The molecule has 0 radical (unpaired) electrons. The Bertz CT molecular complexity index is 622. The van der Waals surface area contributed by atoms with Crippen LogP contribution in [0.5, 0.6) is 5.75 Å². The topological polar surface area (TPSA) is 47.0 Å². The SMILES string of the molecule is CNC(c1ccc(Cl)c(OC)c1)c1snnc1C(C)(C)C. The molecule has 0 amide bonds. The molecular formula is C15H20ClN3OS. The first-order chi connectivity index (χ1) is 9.88. The maximum absolute atomic E-state index is 6.11. The number of halogens is 1. The largest absolute Gasteiger partial charge is 0.495 e. The summed E-state index contributed by atoms with van der Waals surface area (Å²) in [6.07, 6.45) is 0. The molecular weight excluding hydrogens is 306 g/mol. The first kappa shape index (κ1) is 16.2. The van der Waals surface area contributed by atoms with E-state index in [4.69, 9.17) is 16.3 Å². The van der Waals surface area contributed by atoms with E-state index in [1.165, 1.54) is 11.5 Å². The molecule has 2 aromatic rings. The molecule has 1 atom stereocenters. The molecule has 1 aromatic heterocycles. The molecule has 4 nitrogen and oxygen atoms in total. The smallest absolute Gasteiger partial charge is 0.137 e. The molecule has 0 bridgehead atoms. The summed E-state index contributed by atoms with van der Waals surface area (Å²) in [6.45, 7) is 6.42. The van der Waals surface area contributed by atoms with Crippen LogP contribution in [0.1, 0.15) is 42.9 Å². The highest BCUT2D eigenvalue weighted by atomic mass is 35.5. The van der Waals surface area contributed by atoms with Crippen LogP contribution in [0, 0.1) is 0 Å². The third-order valence-corrected chi connectivity index (χ3v) is 4.38. The first-order valence-electron chi connectivity index (χ1n) is 6.72. The molecule has 6 heteroatoms. The monoisotopic (exact) mass is 325 g/mol. The number of nitrogens with zero attached hydrogens (tertiary/aromatic N) is 2. The number of aromatic nitrogens is 2. The van der Waals surface area contributed by atoms with Crippen molar-refractivity contribution < 1.29 is 4.74 Å². The van der Waals surface area contributed by atoms with Gasteiger partial charge < -0.3 is 10.1 Å². The summed E-state index contributed by atoms with van der Waals surface area (Å²) in [5.41, 5.74) is 2.05. The average Bonchev–Trinajstić information content (AvgIpc) is 2.90. The molecule has 0 fully saturated rings. The molecule has 114 valence electrons. The van der Waals surface area contributed by atoms with Crippen LogP contribution in [0.15, 0.2) is 18.2 Å². The summed E-state index contributed by atoms with van der Waals surface area (Å²) >= 11 is 7.53. The number of nitrogens with one attached hydrogen (secondary N) is 1. The van der Waals surface area contributed by atoms with Gasteiger partial charge in [-0.25, -0.2) is 0 Å². The van der Waals surface area contributed by atoms with Crippen molar-refractivity contribution in [3.8, 4) is 5.75 Å². The number of ether oxygens (including phenoxy) is 1. The molecule has 2 rings (SSSR count). The van der Waals surface area contributed by atoms with Crippen LogP contribution in [0.25, 0.3) is 0 Å². The lowest BCUT2D eigenvalue weighted by atomic mass is 9.89. The Morgan fingerprint density at radius 2 is 2.05 bits per heavy atom. The van der Waals surface area contributed by atoms with E-state index in [9.17, 15) is 0 Å². The number of benzene rings is 1. The second kappa shape index (κ2) is 6.30. The normalized spacial score (nSPS) is 13.2. The van der Waals surface area contributed by atoms with Gasteiger partial charge in [-0.05, 0) is 36.3 Å². The van der Waals surface area contributed by atoms with E-state index in [-0.39, 0.29) is 11.5 Å². The lowest BCUT2D eigenvalue weighted by molar-refractivity contribution is 0.414. The van der Waals surface area contributed by atoms with E-state index in [0.29, 0.717) is 10.8 Å². The van der Waals surface area contributed by atoms with Crippen molar-refractivity contribution >= 4 is 23.1 Å². The third-order valence-electron chi connectivity index (χ3n) is 3.28. The van der Waals surface area contributed by atoms with E-state index in [2.05, 4.69) is 35.7 Å². The molecule has 0 saturated heterocycles. The van der Waals surface area contributed by atoms with Crippen molar-refractivity contribution in [1.29, 1.82) is 0 Å². The van der Waals surface area contributed by atoms with Crippen LogP contribution < -0.4 is 10.1 Å². The van der Waals surface area contributed by atoms with E-state index in [0.717, 1.165) is 16.1 Å². The quantitative estimate of drug-likeness (QED) is 0.928. The Labute approximate surface area is 134 Å². The zero-order valence-electron chi connectivity index (χ0n) is 12.9. The van der Waals surface area contributed by atoms with E-state index >= 15 is 0 Å². The highest BCUT2D eigenvalue weighted by Crippen LogP contribution is 2.35. The van der Waals surface area contributed by atoms with Crippen LogP contribution in [-0.2, 0) is 5.41 Å². The van der Waals surface area contributed by atoms with Crippen LogP contribution in [0.2, 0.25) is 5.02 Å². The van der Waals surface area contributed by atoms with Gasteiger partial charge >= 0.3 is 0 Å². The first-order valence-corrected chi connectivity index (χ1v) is 7.87. The zero-order chi connectivity index (χ0) is 15.6. The van der Waals surface area contributed by atoms with Crippen molar-refractivity contribution in [2.45, 2.75) is 32.2 Å².